The maximum absolute atomic E-state index is 14.2. The van der Waals surface area contributed by atoms with Gasteiger partial charge in [-0.15, -0.1) is 0 Å². The SMILES string of the molecule is Cc1c(C=C2C(=O)Nc3c(NC=O)cc(F)cc32)[nH]c2c1C(=O)N(CCN1CCOCC1)CCC2. The predicted molar refractivity (Wildman–Crippen MR) is 130 cm³/mol. The van der Waals surface area contributed by atoms with Gasteiger partial charge in [-0.3, -0.25) is 19.3 Å². The number of aromatic nitrogens is 1. The van der Waals surface area contributed by atoms with Gasteiger partial charge in [0, 0.05) is 49.7 Å². The second-order valence-electron chi connectivity index (χ2n) is 9.02. The van der Waals surface area contributed by atoms with E-state index in [1.807, 2.05) is 11.8 Å². The van der Waals surface area contributed by atoms with Crippen LogP contribution in [-0.2, 0) is 20.7 Å². The molecular weight excluding hydrogens is 453 g/mol. The van der Waals surface area contributed by atoms with Gasteiger partial charge in [-0.25, -0.2) is 4.39 Å². The van der Waals surface area contributed by atoms with Gasteiger partial charge in [0.05, 0.1) is 35.7 Å². The fraction of sp³-hybridized carbons (Fsp3) is 0.400. The molecular formula is C25H28FN5O4. The number of nitrogens with zero attached hydrogens (tertiary/aromatic N) is 2. The molecule has 3 aliphatic rings. The third-order valence-electron chi connectivity index (χ3n) is 6.89. The lowest BCUT2D eigenvalue weighted by Gasteiger charge is -2.29. The Kier molecular flexibility index (Phi) is 6.40. The standard InChI is InChI=1S/C25H28FN5O4/c1-15-20(13-18-17-11-16(26)12-21(27-14-32)23(17)29-24(18)33)28-19-3-2-4-31(25(34)22(15)19)6-5-30-7-9-35-10-8-30/h11-14,28H,2-10H2,1H3,(H,27,32)(H,29,33). The molecule has 3 amide bonds. The number of aromatic amines is 1. The van der Waals surface area contributed by atoms with Gasteiger partial charge in [-0.05, 0) is 43.5 Å². The fourth-order valence-electron chi connectivity index (χ4n) is 5.03. The van der Waals surface area contributed by atoms with E-state index in [0.717, 1.165) is 63.0 Å². The first-order valence-electron chi connectivity index (χ1n) is 11.8. The molecule has 10 heteroatoms. The van der Waals surface area contributed by atoms with E-state index < -0.39 is 11.7 Å². The minimum atomic E-state index is -0.569. The molecule has 3 N–H and O–H groups in total. The molecule has 0 bridgehead atoms. The first-order valence-corrected chi connectivity index (χ1v) is 11.8. The Balaban J connectivity index is 1.43. The van der Waals surface area contributed by atoms with Gasteiger partial charge in [-0.1, -0.05) is 0 Å². The molecule has 0 spiro atoms. The van der Waals surface area contributed by atoms with E-state index >= 15 is 0 Å². The van der Waals surface area contributed by atoms with Gasteiger partial charge in [0.1, 0.15) is 5.82 Å². The van der Waals surface area contributed by atoms with Crippen LogP contribution in [0, 0.1) is 12.7 Å². The molecule has 0 atom stereocenters. The maximum atomic E-state index is 14.2. The molecule has 4 heterocycles. The van der Waals surface area contributed by atoms with Crippen LogP contribution in [-0.4, -0.2) is 78.9 Å². The number of fused-ring (bicyclic) bond motifs is 2. The molecule has 1 fully saturated rings. The quantitative estimate of drug-likeness (QED) is 0.434. The summed E-state index contributed by atoms with van der Waals surface area (Å²) >= 11 is 0. The maximum Gasteiger partial charge on any atom is 0.256 e. The van der Waals surface area contributed by atoms with Crippen molar-refractivity contribution in [2.75, 3.05) is 56.6 Å². The zero-order valence-corrected chi connectivity index (χ0v) is 19.6. The first-order chi connectivity index (χ1) is 17.0. The molecule has 5 rings (SSSR count). The van der Waals surface area contributed by atoms with Crippen LogP contribution in [0.3, 0.4) is 0 Å². The van der Waals surface area contributed by atoms with Crippen molar-refractivity contribution in [1.29, 1.82) is 0 Å². The zero-order valence-electron chi connectivity index (χ0n) is 19.6. The summed E-state index contributed by atoms with van der Waals surface area (Å²) in [5, 5.41) is 5.13. The molecule has 1 saturated heterocycles. The van der Waals surface area contributed by atoms with Crippen molar-refractivity contribution in [3.8, 4) is 0 Å². The van der Waals surface area contributed by atoms with E-state index in [0.29, 0.717) is 42.0 Å². The predicted octanol–water partition coefficient (Wildman–Crippen LogP) is 2.24. The number of rotatable bonds is 6. The Bertz CT molecular complexity index is 1210. The van der Waals surface area contributed by atoms with Crippen molar-refractivity contribution < 1.29 is 23.5 Å². The highest BCUT2D eigenvalue weighted by Crippen LogP contribution is 2.39. The van der Waals surface area contributed by atoms with Crippen molar-refractivity contribution in [3.05, 3.63) is 46.0 Å². The van der Waals surface area contributed by atoms with Gasteiger partial charge in [0.15, 0.2) is 0 Å². The van der Waals surface area contributed by atoms with Gasteiger partial charge in [-0.2, -0.15) is 0 Å². The number of hydrogen-bond donors (Lipinski definition) is 3. The monoisotopic (exact) mass is 481 g/mol. The Labute approximate surface area is 202 Å². The Morgan fingerprint density at radius 3 is 2.74 bits per heavy atom. The molecule has 184 valence electrons. The number of ether oxygens (including phenoxy) is 1. The molecule has 1 aromatic carbocycles. The largest absolute Gasteiger partial charge is 0.379 e. The lowest BCUT2D eigenvalue weighted by atomic mass is 10.0. The second kappa shape index (κ2) is 9.63. The van der Waals surface area contributed by atoms with Crippen LogP contribution in [0.4, 0.5) is 15.8 Å². The highest BCUT2D eigenvalue weighted by atomic mass is 19.1. The summed E-state index contributed by atoms with van der Waals surface area (Å²) in [6, 6.07) is 2.42. The van der Waals surface area contributed by atoms with Gasteiger partial charge < -0.3 is 25.3 Å². The topological polar surface area (TPSA) is 107 Å². The van der Waals surface area contributed by atoms with E-state index in [-0.39, 0.29) is 17.2 Å². The summed E-state index contributed by atoms with van der Waals surface area (Å²) in [5.41, 5.74) is 4.09. The summed E-state index contributed by atoms with van der Waals surface area (Å²) in [5.74, 6) is -0.980. The van der Waals surface area contributed by atoms with Gasteiger partial charge >= 0.3 is 0 Å². The smallest absolute Gasteiger partial charge is 0.256 e. The van der Waals surface area contributed by atoms with Crippen LogP contribution in [0.15, 0.2) is 12.1 Å². The third-order valence-corrected chi connectivity index (χ3v) is 6.89. The molecule has 3 aliphatic heterocycles. The molecule has 2 aromatic rings. The van der Waals surface area contributed by atoms with Gasteiger partial charge in [0.2, 0.25) is 6.41 Å². The number of aryl methyl sites for hydroxylation is 1. The van der Waals surface area contributed by atoms with Crippen LogP contribution in [0.2, 0.25) is 0 Å². The zero-order chi connectivity index (χ0) is 24.5. The Morgan fingerprint density at radius 1 is 1.17 bits per heavy atom. The number of carbonyl (C=O) groups excluding carboxylic acids is 3. The lowest BCUT2D eigenvalue weighted by molar-refractivity contribution is -0.110. The highest BCUT2D eigenvalue weighted by Gasteiger charge is 2.31. The fourth-order valence-corrected chi connectivity index (χ4v) is 5.03. The minimum Gasteiger partial charge on any atom is -0.379 e. The summed E-state index contributed by atoms with van der Waals surface area (Å²) in [6.07, 6.45) is 3.66. The third kappa shape index (κ3) is 4.46. The van der Waals surface area contributed by atoms with Crippen LogP contribution in [0.1, 0.15) is 39.3 Å². The van der Waals surface area contributed by atoms with E-state index in [4.69, 9.17) is 4.74 Å². The number of carbonyl (C=O) groups is 3. The van der Waals surface area contributed by atoms with Crippen molar-refractivity contribution >= 4 is 41.2 Å². The van der Waals surface area contributed by atoms with Crippen molar-refractivity contribution in [3.63, 3.8) is 0 Å². The minimum absolute atomic E-state index is 0.0102. The molecule has 0 unspecified atom stereocenters. The summed E-state index contributed by atoms with van der Waals surface area (Å²) in [6.45, 7) is 7.23. The number of anilines is 2. The molecule has 0 radical (unpaired) electrons. The average Bonchev–Trinajstić information content (AvgIpc) is 3.26. The van der Waals surface area contributed by atoms with Crippen LogP contribution < -0.4 is 10.6 Å². The highest BCUT2D eigenvalue weighted by molar-refractivity contribution is 6.36. The number of H-pyrrole nitrogens is 1. The molecule has 0 aliphatic carbocycles. The number of hydrogen-bond acceptors (Lipinski definition) is 5. The molecule has 35 heavy (non-hydrogen) atoms. The van der Waals surface area contributed by atoms with Crippen molar-refractivity contribution in [2.24, 2.45) is 0 Å². The Hall–Kier alpha value is -3.50. The molecule has 9 nitrogen and oxygen atoms in total. The van der Waals surface area contributed by atoms with E-state index in [1.54, 1.807) is 6.08 Å². The summed E-state index contributed by atoms with van der Waals surface area (Å²) in [7, 11) is 0. The number of amides is 3. The summed E-state index contributed by atoms with van der Waals surface area (Å²) < 4.78 is 19.6. The first kappa shape index (κ1) is 23.3. The van der Waals surface area contributed by atoms with E-state index in [2.05, 4.69) is 20.5 Å². The van der Waals surface area contributed by atoms with Crippen molar-refractivity contribution in [1.82, 2.24) is 14.8 Å². The normalized spacial score (nSPS) is 19.4. The number of benzene rings is 1. The second-order valence-corrected chi connectivity index (χ2v) is 9.02. The number of nitrogens with one attached hydrogen (secondary N) is 3. The lowest BCUT2D eigenvalue weighted by Crippen LogP contribution is -2.43. The van der Waals surface area contributed by atoms with Gasteiger partial charge in [0.25, 0.3) is 11.8 Å². The molecule has 1 aromatic heterocycles. The van der Waals surface area contributed by atoms with E-state index in [9.17, 15) is 18.8 Å². The van der Waals surface area contributed by atoms with Crippen LogP contribution in [0.5, 0.6) is 0 Å². The van der Waals surface area contributed by atoms with Crippen LogP contribution >= 0.6 is 0 Å². The van der Waals surface area contributed by atoms with Crippen LogP contribution in [0.25, 0.3) is 11.6 Å². The number of halogens is 1. The van der Waals surface area contributed by atoms with Crippen molar-refractivity contribution in [2.45, 2.75) is 19.8 Å². The number of morpholine rings is 1. The summed E-state index contributed by atoms with van der Waals surface area (Å²) in [4.78, 5) is 44.7. The van der Waals surface area contributed by atoms with E-state index in [1.165, 1.54) is 6.07 Å². The molecule has 0 saturated carbocycles. The Morgan fingerprint density at radius 2 is 1.97 bits per heavy atom. The average molecular weight is 482 g/mol.